The number of likely N-dealkylation sites (N-methyl/N-ethyl adjacent to an activating group) is 1. The van der Waals surface area contributed by atoms with Crippen LogP contribution in [0, 0.1) is 5.92 Å². The minimum absolute atomic E-state index is 0.337. The highest BCUT2D eigenvalue weighted by Crippen LogP contribution is 2.27. The highest BCUT2D eigenvalue weighted by molar-refractivity contribution is 5.78. The first-order valence-electron chi connectivity index (χ1n) is 8.46. The van der Waals surface area contributed by atoms with Gasteiger partial charge in [-0.1, -0.05) is 19.3 Å². The van der Waals surface area contributed by atoms with Gasteiger partial charge in [0.15, 0.2) is 0 Å². The topological polar surface area (TPSA) is 35.6 Å². The van der Waals surface area contributed by atoms with Crippen molar-refractivity contribution in [1.29, 1.82) is 0 Å². The maximum absolute atomic E-state index is 12.6. The van der Waals surface area contributed by atoms with Crippen molar-refractivity contribution >= 4 is 5.91 Å². The average Bonchev–Trinajstić information content (AvgIpc) is 2.97. The van der Waals surface area contributed by atoms with E-state index in [4.69, 9.17) is 0 Å². The van der Waals surface area contributed by atoms with E-state index >= 15 is 0 Å². The molecule has 1 aliphatic carbocycles. The third-order valence-corrected chi connectivity index (χ3v) is 5.65. The van der Waals surface area contributed by atoms with Gasteiger partial charge in [-0.15, -0.1) is 0 Å². The van der Waals surface area contributed by atoms with Gasteiger partial charge in [0.1, 0.15) is 0 Å². The molecular formula is C16H29N3O. The predicted octanol–water partition coefficient (Wildman–Crippen LogP) is 1.46. The van der Waals surface area contributed by atoms with Crippen LogP contribution in [0.1, 0.15) is 44.9 Å². The Morgan fingerprint density at radius 3 is 2.75 bits per heavy atom. The normalized spacial score (nSPS) is 32.0. The Morgan fingerprint density at radius 2 is 1.95 bits per heavy atom. The summed E-state index contributed by atoms with van der Waals surface area (Å²) in [5.41, 5.74) is 0. The minimum Gasteiger partial charge on any atom is -0.342 e. The fourth-order valence-corrected chi connectivity index (χ4v) is 4.32. The van der Waals surface area contributed by atoms with Gasteiger partial charge in [-0.2, -0.15) is 0 Å². The first-order valence-corrected chi connectivity index (χ1v) is 8.46. The number of carbonyl (C=O) groups excluding carboxylic acids is 1. The van der Waals surface area contributed by atoms with Crippen LogP contribution in [0.2, 0.25) is 0 Å². The summed E-state index contributed by atoms with van der Waals surface area (Å²) in [7, 11) is 2.02. The van der Waals surface area contributed by atoms with Crippen LogP contribution in [0.4, 0.5) is 0 Å². The Bertz CT molecular complexity index is 341. The summed E-state index contributed by atoms with van der Waals surface area (Å²) >= 11 is 0. The standard InChI is InChI=1S/C16H29N3O/c1-18(14-7-3-2-4-8-14)16(20)12-19-9-5-6-13-10-17-11-15(13)19/h13-15,17H,2-12H2,1H3. The molecule has 0 spiro atoms. The Hall–Kier alpha value is -0.610. The molecular weight excluding hydrogens is 250 g/mol. The molecule has 0 radical (unpaired) electrons. The second-order valence-corrected chi connectivity index (χ2v) is 6.89. The van der Waals surface area contributed by atoms with E-state index in [9.17, 15) is 4.79 Å². The molecule has 3 aliphatic rings. The van der Waals surface area contributed by atoms with Gasteiger partial charge < -0.3 is 10.2 Å². The molecule has 1 amide bonds. The summed E-state index contributed by atoms with van der Waals surface area (Å²) in [5, 5.41) is 3.49. The average molecular weight is 279 g/mol. The molecule has 4 heteroatoms. The van der Waals surface area contributed by atoms with Crippen molar-refractivity contribution in [3.63, 3.8) is 0 Å². The van der Waals surface area contributed by atoms with Crippen LogP contribution in [0.5, 0.6) is 0 Å². The lowest BCUT2D eigenvalue weighted by atomic mass is 9.92. The molecule has 3 fully saturated rings. The maximum atomic E-state index is 12.6. The molecule has 0 bridgehead atoms. The summed E-state index contributed by atoms with van der Waals surface area (Å²) in [6.07, 6.45) is 8.93. The van der Waals surface area contributed by atoms with Gasteiger partial charge in [0, 0.05) is 25.7 Å². The number of fused-ring (bicyclic) bond motifs is 1. The van der Waals surface area contributed by atoms with E-state index in [2.05, 4.69) is 10.2 Å². The quantitative estimate of drug-likeness (QED) is 0.849. The smallest absolute Gasteiger partial charge is 0.236 e. The second kappa shape index (κ2) is 6.44. The van der Waals surface area contributed by atoms with Gasteiger partial charge in [0.05, 0.1) is 6.54 Å². The zero-order valence-electron chi connectivity index (χ0n) is 12.8. The van der Waals surface area contributed by atoms with Gasteiger partial charge in [-0.3, -0.25) is 9.69 Å². The van der Waals surface area contributed by atoms with Crippen molar-refractivity contribution in [3.8, 4) is 0 Å². The van der Waals surface area contributed by atoms with Crippen LogP contribution in [-0.2, 0) is 4.79 Å². The SMILES string of the molecule is CN(C(=O)CN1CCCC2CNCC21)C1CCCCC1. The van der Waals surface area contributed by atoms with Gasteiger partial charge in [-0.05, 0) is 44.7 Å². The third-order valence-electron chi connectivity index (χ3n) is 5.65. The lowest BCUT2D eigenvalue weighted by Gasteiger charge is -2.38. The van der Waals surface area contributed by atoms with Crippen molar-refractivity contribution in [2.24, 2.45) is 5.92 Å². The molecule has 1 N–H and O–H groups in total. The van der Waals surface area contributed by atoms with Gasteiger partial charge >= 0.3 is 0 Å². The van der Waals surface area contributed by atoms with Gasteiger partial charge in [0.2, 0.25) is 5.91 Å². The van der Waals surface area contributed by atoms with Crippen molar-refractivity contribution < 1.29 is 4.79 Å². The van der Waals surface area contributed by atoms with Crippen LogP contribution < -0.4 is 5.32 Å². The fourth-order valence-electron chi connectivity index (χ4n) is 4.32. The van der Waals surface area contributed by atoms with E-state index in [1.807, 2.05) is 11.9 Å². The second-order valence-electron chi connectivity index (χ2n) is 6.89. The van der Waals surface area contributed by atoms with E-state index in [1.165, 1.54) is 44.9 Å². The first kappa shape index (κ1) is 14.3. The Morgan fingerprint density at radius 1 is 1.15 bits per heavy atom. The molecule has 2 aliphatic heterocycles. The number of hydrogen-bond acceptors (Lipinski definition) is 3. The van der Waals surface area contributed by atoms with Crippen LogP contribution >= 0.6 is 0 Å². The number of nitrogens with one attached hydrogen (secondary N) is 1. The summed E-state index contributed by atoms with van der Waals surface area (Å²) in [5.74, 6) is 1.11. The van der Waals surface area contributed by atoms with E-state index in [0.717, 1.165) is 25.6 Å². The minimum atomic E-state index is 0.337. The highest BCUT2D eigenvalue weighted by Gasteiger charge is 2.36. The van der Waals surface area contributed by atoms with Crippen LogP contribution in [0.3, 0.4) is 0 Å². The van der Waals surface area contributed by atoms with E-state index in [0.29, 0.717) is 24.5 Å². The third kappa shape index (κ3) is 3.01. The number of likely N-dealkylation sites (tertiary alicyclic amines) is 1. The maximum Gasteiger partial charge on any atom is 0.236 e. The molecule has 114 valence electrons. The Balaban J connectivity index is 1.54. The summed E-state index contributed by atoms with van der Waals surface area (Å²) in [6.45, 7) is 3.96. The van der Waals surface area contributed by atoms with Gasteiger partial charge in [-0.25, -0.2) is 0 Å². The molecule has 0 aromatic heterocycles. The molecule has 2 atom stereocenters. The highest BCUT2D eigenvalue weighted by atomic mass is 16.2. The molecule has 0 aromatic rings. The molecule has 0 aromatic carbocycles. The zero-order valence-corrected chi connectivity index (χ0v) is 12.8. The number of piperidine rings is 1. The van der Waals surface area contributed by atoms with Crippen LogP contribution in [0.25, 0.3) is 0 Å². The van der Waals surface area contributed by atoms with E-state index < -0.39 is 0 Å². The van der Waals surface area contributed by atoms with Crippen molar-refractivity contribution in [2.75, 3.05) is 33.2 Å². The van der Waals surface area contributed by atoms with Gasteiger partial charge in [0.25, 0.3) is 0 Å². The fraction of sp³-hybridized carbons (Fsp3) is 0.938. The summed E-state index contributed by atoms with van der Waals surface area (Å²) in [4.78, 5) is 17.1. The number of carbonyl (C=O) groups is 1. The summed E-state index contributed by atoms with van der Waals surface area (Å²) in [6, 6.07) is 1.10. The number of amides is 1. The van der Waals surface area contributed by atoms with Crippen molar-refractivity contribution in [2.45, 2.75) is 57.0 Å². The Labute approximate surface area is 122 Å². The first-order chi connectivity index (χ1) is 9.75. The van der Waals surface area contributed by atoms with E-state index in [1.54, 1.807) is 0 Å². The zero-order chi connectivity index (χ0) is 13.9. The largest absolute Gasteiger partial charge is 0.342 e. The molecule has 2 heterocycles. The number of nitrogens with zero attached hydrogens (tertiary/aromatic N) is 2. The molecule has 4 nitrogen and oxygen atoms in total. The van der Waals surface area contributed by atoms with Crippen molar-refractivity contribution in [3.05, 3.63) is 0 Å². The van der Waals surface area contributed by atoms with E-state index in [-0.39, 0.29) is 0 Å². The number of hydrogen-bond donors (Lipinski definition) is 1. The Kier molecular flexibility index (Phi) is 4.61. The number of rotatable bonds is 3. The molecule has 2 saturated heterocycles. The molecule has 1 saturated carbocycles. The lowest BCUT2D eigenvalue weighted by Crippen LogP contribution is -2.51. The molecule has 3 rings (SSSR count). The van der Waals surface area contributed by atoms with Crippen LogP contribution in [-0.4, -0.2) is 61.0 Å². The van der Waals surface area contributed by atoms with Crippen molar-refractivity contribution in [1.82, 2.24) is 15.1 Å². The van der Waals surface area contributed by atoms with Crippen LogP contribution in [0.15, 0.2) is 0 Å². The molecule has 20 heavy (non-hydrogen) atoms. The molecule has 2 unspecified atom stereocenters. The summed E-state index contributed by atoms with van der Waals surface area (Å²) < 4.78 is 0. The monoisotopic (exact) mass is 279 g/mol. The predicted molar refractivity (Wildman–Crippen MR) is 80.6 cm³/mol. The lowest BCUT2D eigenvalue weighted by molar-refractivity contribution is -0.134.